The van der Waals surface area contributed by atoms with Crippen LogP contribution < -0.4 is 15.5 Å². The largest absolute Gasteiger partial charge is 0.346 e. The highest BCUT2D eigenvalue weighted by Crippen LogP contribution is 2.27. The highest BCUT2D eigenvalue weighted by molar-refractivity contribution is 7.99. The number of para-hydroxylation sites is 1. The van der Waals surface area contributed by atoms with Crippen molar-refractivity contribution in [3.63, 3.8) is 0 Å². The molecule has 0 aromatic heterocycles. The van der Waals surface area contributed by atoms with E-state index in [1.807, 2.05) is 24.3 Å². The van der Waals surface area contributed by atoms with Crippen molar-refractivity contribution in [3.8, 4) is 0 Å². The van der Waals surface area contributed by atoms with Crippen molar-refractivity contribution < 1.29 is 9.59 Å². The number of thioether (sulfide) groups is 1. The maximum atomic E-state index is 12.2. The minimum Gasteiger partial charge on any atom is -0.346 e. The van der Waals surface area contributed by atoms with E-state index in [9.17, 15) is 9.59 Å². The number of nitrogens with one attached hydrogen (secondary N) is 2. The van der Waals surface area contributed by atoms with E-state index in [0.29, 0.717) is 6.54 Å². The number of hydrogen-bond donors (Lipinski definition) is 2. The lowest BCUT2D eigenvalue weighted by Gasteiger charge is -2.18. The Bertz CT molecular complexity index is 535. The van der Waals surface area contributed by atoms with Gasteiger partial charge in [-0.25, -0.2) is 0 Å². The molecule has 7 heteroatoms. The van der Waals surface area contributed by atoms with E-state index in [4.69, 9.17) is 0 Å². The lowest BCUT2D eigenvalue weighted by molar-refractivity contribution is -0.125. The molecule has 2 heterocycles. The first-order valence-corrected chi connectivity index (χ1v) is 7.88. The summed E-state index contributed by atoms with van der Waals surface area (Å²) in [5.41, 5.74) is 2.17. The van der Waals surface area contributed by atoms with Crippen molar-refractivity contribution in [2.24, 2.45) is 0 Å². The number of hydrogen-bond acceptors (Lipinski definition) is 4. The Balaban J connectivity index is 0.00000161. The van der Waals surface area contributed by atoms with Gasteiger partial charge in [0, 0.05) is 23.9 Å². The summed E-state index contributed by atoms with van der Waals surface area (Å²) >= 11 is 1.69. The van der Waals surface area contributed by atoms with Gasteiger partial charge in [0.25, 0.3) is 0 Å². The van der Waals surface area contributed by atoms with Crippen molar-refractivity contribution in [1.82, 2.24) is 10.6 Å². The van der Waals surface area contributed by atoms with Crippen LogP contribution >= 0.6 is 24.2 Å². The number of nitrogens with zero attached hydrogens (tertiary/aromatic N) is 1. The van der Waals surface area contributed by atoms with Gasteiger partial charge in [-0.15, -0.1) is 24.2 Å². The second-order valence-corrected chi connectivity index (χ2v) is 5.94. The molecule has 2 amide bonds. The standard InChI is InChI=1S/C14H17N3O2S.ClH/c18-13(7-15-14(19)11-8-20-9-16-11)17-6-5-10-3-1-2-4-12(10)17;/h1-4,11,16H,5-9H2,(H,15,19);1H. The Morgan fingerprint density at radius 3 is 2.95 bits per heavy atom. The van der Waals surface area contributed by atoms with Crippen LogP contribution in [-0.4, -0.2) is 42.6 Å². The van der Waals surface area contributed by atoms with E-state index in [0.717, 1.165) is 23.7 Å². The lowest BCUT2D eigenvalue weighted by Crippen LogP contribution is -2.46. The Morgan fingerprint density at radius 1 is 1.38 bits per heavy atom. The van der Waals surface area contributed by atoms with Crippen LogP contribution in [0.15, 0.2) is 24.3 Å². The third kappa shape index (κ3) is 3.51. The first-order valence-electron chi connectivity index (χ1n) is 6.73. The van der Waals surface area contributed by atoms with E-state index in [1.54, 1.807) is 16.7 Å². The number of carbonyl (C=O) groups excluding carboxylic acids is 2. The van der Waals surface area contributed by atoms with Gasteiger partial charge in [0.2, 0.25) is 11.8 Å². The van der Waals surface area contributed by atoms with Gasteiger partial charge in [0.05, 0.1) is 12.6 Å². The predicted molar refractivity (Wildman–Crippen MR) is 87.0 cm³/mol. The summed E-state index contributed by atoms with van der Waals surface area (Å²) in [5.74, 6) is 1.43. The maximum Gasteiger partial charge on any atom is 0.246 e. The van der Waals surface area contributed by atoms with Crippen molar-refractivity contribution >= 4 is 41.7 Å². The average molecular weight is 328 g/mol. The number of halogens is 1. The second kappa shape index (κ2) is 7.15. The van der Waals surface area contributed by atoms with Gasteiger partial charge in [0.1, 0.15) is 0 Å². The normalized spacial score (nSPS) is 19.8. The molecule has 2 aliphatic heterocycles. The van der Waals surface area contributed by atoms with E-state index in [1.165, 1.54) is 5.56 Å². The molecule has 3 rings (SSSR count). The number of fused-ring (bicyclic) bond motifs is 1. The van der Waals surface area contributed by atoms with E-state index < -0.39 is 0 Å². The summed E-state index contributed by atoms with van der Waals surface area (Å²) in [6.07, 6.45) is 0.886. The lowest BCUT2D eigenvalue weighted by atomic mass is 10.2. The van der Waals surface area contributed by atoms with Gasteiger partial charge in [0.15, 0.2) is 0 Å². The maximum absolute atomic E-state index is 12.2. The molecule has 1 unspecified atom stereocenters. The number of anilines is 1. The summed E-state index contributed by atoms with van der Waals surface area (Å²) < 4.78 is 0. The number of carbonyl (C=O) groups is 2. The van der Waals surface area contributed by atoms with Crippen LogP contribution in [0.4, 0.5) is 5.69 Å². The SMILES string of the molecule is Cl.O=C(NCC(=O)N1CCc2ccccc21)C1CSCN1. The fourth-order valence-electron chi connectivity index (χ4n) is 2.54. The molecule has 1 aromatic rings. The Labute approximate surface area is 134 Å². The van der Waals surface area contributed by atoms with Gasteiger partial charge in [-0.1, -0.05) is 18.2 Å². The van der Waals surface area contributed by atoms with E-state index in [2.05, 4.69) is 10.6 Å². The number of rotatable bonds is 3. The monoisotopic (exact) mass is 327 g/mol. The molecule has 0 bridgehead atoms. The van der Waals surface area contributed by atoms with Gasteiger partial charge >= 0.3 is 0 Å². The minimum atomic E-state index is -0.168. The predicted octanol–water partition coefficient (Wildman–Crippen LogP) is 0.776. The molecule has 2 aliphatic rings. The highest BCUT2D eigenvalue weighted by atomic mass is 35.5. The van der Waals surface area contributed by atoms with Crippen molar-refractivity contribution in [2.75, 3.05) is 29.6 Å². The molecule has 0 aliphatic carbocycles. The molecular weight excluding hydrogens is 310 g/mol. The zero-order valence-electron chi connectivity index (χ0n) is 11.5. The molecule has 1 aromatic carbocycles. The first-order chi connectivity index (χ1) is 9.75. The quantitative estimate of drug-likeness (QED) is 0.861. The third-order valence-corrected chi connectivity index (χ3v) is 4.57. The Morgan fingerprint density at radius 2 is 2.19 bits per heavy atom. The highest BCUT2D eigenvalue weighted by Gasteiger charge is 2.26. The summed E-state index contributed by atoms with van der Waals surface area (Å²) in [7, 11) is 0. The molecule has 0 radical (unpaired) electrons. The smallest absolute Gasteiger partial charge is 0.246 e. The van der Waals surface area contributed by atoms with E-state index >= 15 is 0 Å². The molecule has 114 valence electrons. The summed E-state index contributed by atoms with van der Waals surface area (Å²) in [6.45, 7) is 0.765. The zero-order chi connectivity index (χ0) is 13.9. The van der Waals surface area contributed by atoms with Crippen LogP contribution in [0.2, 0.25) is 0 Å². The first kappa shape index (κ1) is 16.1. The molecule has 21 heavy (non-hydrogen) atoms. The molecule has 0 spiro atoms. The van der Waals surface area contributed by atoms with Crippen molar-refractivity contribution in [3.05, 3.63) is 29.8 Å². The second-order valence-electron chi connectivity index (χ2n) is 4.91. The summed E-state index contributed by atoms with van der Waals surface area (Å²) in [6, 6.07) is 7.75. The van der Waals surface area contributed by atoms with Gasteiger partial charge < -0.3 is 10.2 Å². The van der Waals surface area contributed by atoms with Gasteiger partial charge in [-0.05, 0) is 18.1 Å². The molecule has 5 nitrogen and oxygen atoms in total. The molecule has 0 saturated carbocycles. The van der Waals surface area contributed by atoms with Crippen LogP contribution in [0.3, 0.4) is 0 Å². The minimum absolute atomic E-state index is 0. The number of amides is 2. The van der Waals surface area contributed by atoms with Crippen molar-refractivity contribution in [2.45, 2.75) is 12.5 Å². The van der Waals surface area contributed by atoms with Gasteiger partial charge in [-0.2, -0.15) is 0 Å². The molecule has 1 fully saturated rings. The summed E-state index contributed by atoms with van der Waals surface area (Å²) in [4.78, 5) is 25.8. The zero-order valence-corrected chi connectivity index (χ0v) is 13.1. The van der Waals surface area contributed by atoms with Crippen molar-refractivity contribution in [1.29, 1.82) is 0 Å². The third-order valence-electron chi connectivity index (χ3n) is 3.63. The van der Waals surface area contributed by atoms with E-state index in [-0.39, 0.29) is 36.8 Å². The fraction of sp³-hybridized carbons (Fsp3) is 0.429. The van der Waals surface area contributed by atoms with Crippen LogP contribution in [0.5, 0.6) is 0 Å². The average Bonchev–Trinajstić information content (AvgIpc) is 3.13. The molecule has 1 atom stereocenters. The Hall–Kier alpha value is -1.24. The van der Waals surface area contributed by atoms with Crippen LogP contribution in [0.25, 0.3) is 0 Å². The Kier molecular flexibility index (Phi) is 5.50. The topological polar surface area (TPSA) is 61.4 Å². The fourth-order valence-corrected chi connectivity index (χ4v) is 3.48. The number of benzene rings is 1. The molecular formula is C14H18ClN3O2S. The summed E-state index contributed by atoms with van der Waals surface area (Å²) in [5, 5.41) is 5.82. The molecule has 2 N–H and O–H groups in total. The molecule has 1 saturated heterocycles. The van der Waals surface area contributed by atoms with Crippen LogP contribution in [0.1, 0.15) is 5.56 Å². The van der Waals surface area contributed by atoms with Crippen LogP contribution in [-0.2, 0) is 16.0 Å². The van der Waals surface area contributed by atoms with Crippen LogP contribution in [0, 0.1) is 0 Å². The van der Waals surface area contributed by atoms with Gasteiger partial charge in [-0.3, -0.25) is 14.9 Å².